The minimum Gasteiger partial charge on any atom is -0.493 e. The first-order chi connectivity index (χ1) is 9.26. The van der Waals surface area contributed by atoms with E-state index in [-0.39, 0.29) is 0 Å². The number of methoxy groups -OCH3 is 2. The number of benzene rings is 1. The molecular formula is C16H22O3. The van der Waals surface area contributed by atoms with E-state index >= 15 is 0 Å². The summed E-state index contributed by atoms with van der Waals surface area (Å²) >= 11 is 0. The Bertz CT molecular complexity index is 436. The van der Waals surface area contributed by atoms with Gasteiger partial charge in [0.05, 0.1) is 14.2 Å². The molecule has 0 unspecified atom stereocenters. The van der Waals surface area contributed by atoms with Crippen LogP contribution in [0.15, 0.2) is 23.8 Å². The molecule has 104 valence electrons. The Balaban J connectivity index is 2.97. The second-order valence-electron chi connectivity index (χ2n) is 4.38. The molecule has 3 nitrogen and oxygen atoms in total. The molecule has 19 heavy (non-hydrogen) atoms. The normalized spacial score (nSPS) is 11.2. The van der Waals surface area contributed by atoms with Gasteiger partial charge in [0.15, 0.2) is 11.5 Å². The highest BCUT2D eigenvalue weighted by molar-refractivity contribution is 5.83. The second kappa shape index (κ2) is 8.35. The smallest absolute Gasteiger partial charge is 0.167 e. The molecule has 0 aromatic heterocycles. The van der Waals surface area contributed by atoms with E-state index in [4.69, 9.17) is 9.47 Å². The van der Waals surface area contributed by atoms with Crippen molar-refractivity contribution in [3.8, 4) is 11.5 Å². The van der Waals surface area contributed by atoms with E-state index in [0.717, 1.165) is 43.1 Å². The van der Waals surface area contributed by atoms with E-state index in [1.807, 2.05) is 24.3 Å². The third kappa shape index (κ3) is 4.43. The molecule has 0 saturated carbocycles. The number of para-hydroxylation sites is 1. The van der Waals surface area contributed by atoms with Crippen LogP contribution in [-0.2, 0) is 4.79 Å². The summed E-state index contributed by atoms with van der Waals surface area (Å²) in [4.78, 5) is 11.1. The Morgan fingerprint density at radius 2 is 2.00 bits per heavy atom. The molecule has 3 heteroatoms. The van der Waals surface area contributed by atoms with Gasteiger partial charge < -0.3 is 9.47 Å². The van der Waals surface area contributed by atoms with Gasteiger partial charge in [-0.2, -0.15) is 0 Å². The van der Waals surface area contributed by atoms with Crippen molar-refractivity contribution >= 4 is 12.4 Å². The summed E-state index contributed by atoms with van der Waals surface area (Å²) in [6, 6.07) is 5.65. The van der Waals surface area contributed by atoms with Crippen LogP contribution in [-0.4, -0.2) is 20.5 Å². The minimum atomic E-state index is 0.667. The molecule has 0 fully saturated rings. The molecule has 0 N–H and O–H groups in total. The number of hydrogen-bond acceptors (Lipinski definition) is 3. The van der Waals surface area contributed by atoms with Gasteiger partial charge in [-0.3, -0.25) is 4.79 Å². The number of ether oxygens (including phenoxy) is 2. The van der Waals surface area contributed by atoms with Crippen LogP contribution in [0.2, 0.25) is 0 Å². The van der Waals surface area contributed by atoms with Crippen LogP contribution in [0.5, 0.6) is 11.5 Å². The molecule has 0 aliphatic heterocycles. The fourth-order valence-electron chi connectivity index (χ4n) is 1.97. The van der Waals surface area contributed by atoms with Gasteiger partial charge in [0.25, 0.3) is 0 Å². The van der Waals surface area contributed by atoms with Crippen LogP contribution in [0, 0.1) is 0 Å². The number of aldehydes is 1. The molecule has 1 aromatic rings. The van der Waals surface area contributed by atoms with Crippen LogP contribution < -0.4 is 9.47 Å². The first-order valence-corrected chi connectivity index (χ1v) is 6.63. The minimum absolute atomic E-state index is 0.667. The molecule has 0 atom stereocenters. The molecule has 0 heterocycles. The highest BCUT2D eigenvalue weighted by Crippen LogP contribution is 2.32. The zero-order valence-electron chi connectivity index (χ0n) is 11.9. The summed E-state index contributed by atoms with van der Waals surface area (Å²) in [5.74, 6) is 1.34. The molecule has 0 aliphatic carbocycles. The topological polar surface area (TPSA) is 35.5 Å². The van der Waals surface area contributed by atoms with Gasteiger partial charge in [0, 0.05) is 5.56 Å². The van der Waals surface area contributed by atoms with Gasteiger partial charge >= 0.3 is 0 Å². The van der Waals surface area contributed by atoms with Gasteiger partial charge in [0.1, 0.15) is 6.29 Å². The lowest BCUT2D eigenvalue weighted by atomic mass is 10.0. The Labute approximate surface area is 115 Å². The van der Waals surface area contributed by atoms with E-state index < -0.39 is 0 Å². The molecule has 0 radical (unpaired) electrons. The van der Waals surface area contributed by atoms with Gasteiger partial charge in [-0.25, -0.2) is 0 Å². The van der Waals surface area contributed by atoms with Crippen LogP contribution in [0.4, 0.5) is 0 Å². The van der Waals surface area contributed by atoms with Crippen molar-refractivity contribution in [3.63, 3.8) is 0 Å². The average Bonchev–Trinajstić information content (AvgIpc) is 2.45. The van der Waals surface area contributed by atoms with Crippen molar-refractivity contribution in [1.29, 1.82) is 0 Å². The molecule has 0 aliphatic rings. The third-order valence-electron chi connectivity index (χ3n) is 2.99. The Morgan fingerprint density at radius 1 is 1.21 bits per heavy atom. The molecule has 0 spiro atoms. The quantitative estimate of drug-likeness (QED) is 0.405. The van der Waals surface area contributed by atoms with Gasteiger partial charge in [-0.15, -0.1) is 0 Å². The Kier molecular flexibility index (Phi) is 6.72. The van der Waals surface area contributed by atoms with Crippen LogP contribution >= 0.6 is 0 Å². The summed E-state index contributed by atoms with van der Waals surface area (Å²) in [6.07, 6.45) is 6.93. The van der Waals surface area contributed by atoms with E-state index in [2.05, 4.69) is 6.92 Å². The SMILES string of the molecule is CCCCC/C(C=O)=C\c1cccc(OC)c1OC. The highest BCUT2D eigenvalue weighted by Gasteiger charge is 2.08. The summed E-state index contributed by atoms with van der Waals surface area (Å²) < 4.78 is 10.6. The number of hydrogen-bond donors (Lipinski definition) is 0. The highest BCUT2D eigenvalue weighted by atomic mass is 16.5. The molecule has 0 bridgehead atoms. The summed E-state index contributed by atoms with van der Waals surface area (Å²) in [6.45, 7) is 2.15. The average molecular weight is 262 g/mol. The monoisotopic (exact) mass is 262 g/mol. The zero-order valence-corrected chi connectivity index (χ0v) is 11.9. The molecular weight excluding hydrogens is 240 g/mol. The third-order valence-corrected chi connectivity index (χ3v) is 2.99. The predicted molar refractivity (Wildman–Crippen MR) is 77.7 cm³/mol. The Morgan fingerprint density at radius 3 is 2.58 bits per heavy atom. The summed E-state index contributed by atoms with van der Waals surface area (Å²) in [5.41, 5.74) is 1.67. The van der Waals surface area contributed by atoms with E-state index in [0.29, 0.717) is 11.5 Å². The fourth-order valence-corrected chi connectivity index (χ4v) is 1.97. The van der Waals surface area contributed by atoms with Crippen molar-refractivity contribution in [1.82, 2.24) is 0 Å². The van der Waals surface area contributed by atoms with Crippen molar-refractivity contribution in [2.75, 3.05) is 14.2 Å². The number of rotatable bonds is 8. The largest absolute Gasteiger partial charge is 0.493 e. The van der Waals surface area contributed by atoms with E-state index in [1.54, 1.807) is 14.2 Å². The maximum absolute atomic E-state index is 11.1. The first kappa shape index (κ1) is 15.3. The Hall–Kier alpha value is -1.77. The maximum Gasteiger partial charge on any atom is 0.167 e. The van der Waals surface area contributed by atoms with E-state index in [9.17, 15) is 4.79 Å². The lowest BCUT2D eigenvalue weighted by molar-refractivity contribution is -0.105. The molecule has 0 amide bonds. The summed E-state index contributed by atoms with van der Waals surface area (Å²) in [7, 11) is 3.21. The van der Waals surface area contributed by atoms with Gasteiger partial charge in [-0.1, -0.05) is 31.9 Å². The maximum atomic E-state index is 11.1. The number of carbonyl (C=O) groups is 1. The van der Waals surface area contributed by atoms with Crippen LogP contribution in [0.25, 0.3) is 6.08 Å². The lowest BCUT2D eigenvalue weighted by Crippen LogP contribution is -1.94. The van der Waals surface area contributed by atoms with Crippen molar-refractivity contribution in [2.24, 2.45) is 0 Å². The predicted octanol–water partition coefficient (Wildman–Crippen LogP) is 3.87. The lowest BCUT2D eigenvalue weighted by Gasteiger charge is -2.10. The molecule has 1 rings (SSSR count). The standard InChI is InChI=1S/C16H22O3/c1-4-5-6-8-13(12-17)11-14-9-7-10-15(18-2)16(14)19-3/h7,9-12H,4-6,8H2,1-3H3/b13-11+. The number of allylic oxidation sites excluding steroid dienone is 1. The zero-order chi connectivity index (χ0) is 14.1. The van der Waals surface area contributed by atoms with Crippen LogP contribution in [0.1, 0.15) is 38.2 Å². The van der Waals surface area contributed by atoms with Gasteiger partial charge in [-0.05, 0) is 30.6 Å². The molecule has 1 aromatic carbocycles. The summed E-state index contributed by atoms with van der Waals surface area (Å²) in [5, 5.41) is 0. The van der Waals surface area contributed by atoms with Crippen molar-refractivity contribution < 1.29 is 14.3 Å². The van der Waals surface area contributed by atoms with Gasteiger partial charge in [0.2, 0.25) is 0 Å². The van der Waals surface area contributed by atoms with Crippen LogP contribution in [0.3, 0.4) is 0 Å². The van der Waals surface area contributed by atoms with E-state index in [1.165, 1.54) is 0 Å². The fraction of sp³-hybridized carbons (Fsp3) is 0.438. The number of carbonyl (C=O) groups excluding carboxylic acids is 1. The second-order valence-corrected chi connectivity index (χ2v) is 4.38. The first-order valence-electron chi connectivity index (χ1n) is 6.63. The van der Waals surface area contributed by atoms with Crippen molar-refractivity contribution in [2.45, 2.75) is 32.6 Å². The molecule has 0 saturated heterocycles. The van der Waals surface area contributed by atoms with Crippen molar-refractivity contribution in [3.05, 3.63) is 29.3 Å². The number of unbranched alkanes of at least 4 members (excludes halogenated alkanes) is 2.